The third kappa shape index (κ3) is 6.68. The minimum absolute atomic E-state index is 0.261. The van der Waals surface area contributed by atoms with E-state index in [1.807, 2.05) is 49.5 Å². The molecule has 1 aliphatic rings. The molecule has 0 bridgehead atoms. The number of guanidine groups is 1. The highest BCUT2D eigenvalue weighted by atomic mass is 16.5. The van der Waals surface area contributed by atoms with Crippen molar-refractivity contribution in [2.75, 3.05) is 40.5 Å². The number of aliphatic imine (C=N–C) groups is 1. The van der Waals surface area contributed by atoms with Gasteiger partial charge in [-0.15, -0.1) is 0 Å². The highest BCUT2D eigenvalue weighted by Gasteiger charge is 2.22. The maximum Gasteiger partial charge on any atom is 0.193 e. The fourth-order valence-electron chi connectivity index (χ4n) is 3.34. The first-order valence-electron chi connectivity index (χ1n) is 10.2. The van der Waals surface area contributed by atoms with Crippen LogP contribution < -0.4 is 14.8 Å². The quantitative estimate of drug-likeness (QED) is 0.421. The Labute approximate surface area is 173 Å². The maximum atomic E-state index is 6.09. The number of hydrogen-bond donors (Lipinski definition) is 1. The number of methoxy groups -OCH3 is 1. The standard InChI is InChI=1S/C23H31N3O3/c1-24-23(25-18-19-8-10-20(11-9-19)28-17-16-27-2)26-14-12-22(13-15-26)29-21-6-4-3-5-7-21/h3-11,22H,12-18H2,1-2H3,(H,24,25). The van der Waals surface area contributed by atoms with Crippen LogP contribution in [0.25, 0.3) is 0 Å². The van der Waals surface area contributed by atoms with E-state index < -0.39 is 0 Å². The number of benzene rings is 2. The van der Waals surface area contributed by atoms with Gasteiger partial charge in [-0.2, -0.15) is 0 Å². The summed E-state index contributed by atoms with van der Waals surface area (Å²) in [7, 11) is 3.51. The van der Waals surface area contributed by atoms with Gasteiger partial charge >= 0.3 is 0 Å². The van der Waals surface area contributed by atoms with E-state index in [9.17, 15) is 0 Å². The van der Waals surface area contributed by atoms with E-state index in [1.165, 1.54) is 5.56 Å². The average Bonchev–Trinajstić information content (AvgIpc) is 2.77. The molecule has 6 nitrogen and oxygen atoms in total. The highest BCUT2D eigenvalue weighted by Crippen LogP contribution is 2.19. The molecule has 2 aromatic rings. The van der Waals surface area contributed by atoms with Gasteiger partial charge in [-0.3, -0.25) is 4.99 Å². The lowest BCUT2D eigenvalue weighted by Gasteiger charge is -2.34. The van der Waals surface area contributed by atoms with Crippen LogP contribution in [-0.4, -0.2) is 57.4 Å². The summed E-state index contributed by atoms with van der Waals surface area (Å²) < 4.78 is 16.7. The first-order chi connectivity index (χ1) is 14.3. The van der Waals surface area contributed by atoms with Crippen molar-refractivity contribution in [2.45, 2.75) is 25.5 Å². The summed E-state index contributed by atoms with van der Waals surface area (Å²) in [6.45, 7) is 3.75. The second kappa shape index (κ2) is 11.3. The molecule has 0 aromatic heterocycles. The predicted molar refractivity (Wildman–Crippen MR) is 116 cm³/mol. The van der Waals surface area contributed by atoms with E-state index in [4.69, 9.17) is 14.2 Å². The van der Waals surface area contributed by atoms with Crippen LogP contribution in [0, 0.1) is 0 Å². The van der Waals surface area contributed by atoms with Gasteiger partial charge in [0.05, 0.1) is 6.61 Å². The molecule has 0 saturated carbocycles. The molecule has 156 valence electrons. The number of likely N-dealkylation sites (tertiary alicyclic amines) is 1. The van der Waals surface area contributed by atoms with Crippen molar-refractivity contribution < 1.29 is 14.2 Å². The van der Waals surface area contributed by atoms with Gasteiger partial charge in [0.15, 0.2) is 5.96 Å². The Morgan fingerprint density at radius 3 is 2.38 bits per heavy atom. The van der Waals surface area contributed by atoms with E-state index in [0.29, 0.717) is 13.2 Å². The molecule has 0 aliphatic carbocycles. The summed E-state index contributed by atoms with van der Waals surface area (Å²) >= 11 is 0. The minimum Gasteiger partial charge on any atom is -0.491 e. The first-order valence-corrected chi connectivity index (χ1v) is 10.2. The molecule has 6 heteroatoms. The van der Waals surface area contributed by atoms with Crippen molar-refractivity contribution in [1.82, 2.24) is 10.2 Å². The monoisotopic (exact) mass is 397 g/mol. The van der Waals surface area contributed by atoms with E-state index in [1.54, 1.807) is 7.11 Å². The molecule has 0 amide bonds. The SMILES string of the molecule is CN=C(NCc1ccc(OCCOC)cc1)N1CCC(Oc2ccccc2)CC1. The van der Waals surface area contributed by atoms with Crippen LogP contribution in [0.15, 0.2) is 59.6 Å². The van der Waals surface area contributed by atoms with Crippen LogP contribution in [0.5, 0.6) is 11.5 Å². The zero-order chi connectivity index (χ0) is 20.3. The smallest absolute Gasteiger partial charge is 0.193 e. The number of para-hydroxylation sites is 1. The molecule has 1 saturated heterocycles. The first kappa shape index (κ1) is 21.0. The van der Waals surface area contributed by atoms with E-state index >= 15 is 0 Å². The van der Waals surface area contributed by atoms with Crippen molar-refractivity contribution in [3.8, 4) is 11.5 Å². The van der Waals surface area contributed by atoms with Crippen LogP contribution in [0.3, 0.4) is 0 Å². The third-order valence-electron chi connectivity index (χ3n) is 4.93. The number of hydrogen-bond acceptors (Lipinski definition) is 4. The van der Waals surface area contributed by atoms with Gasteiger partial charge in [-0.05, 0) is 29.8 Å². The van der Waals surface area contributed by atoms with Gasteiger partial charge in [0.25, 0.3) is 0 Å². The van der Waals surface area contributed by atoms with Gasteiger partial charge in [0.2, 0.25) is 0 Å². The molecule has 3 rings (SSSR count). The van der Waals surface area contributed by atoms with Gasteiger partial charge < -0.3 is 24.4 Å². The number of rotatable bonds is 8. The van der Waals surface area contributed by atoms with Crippen LogP contribution in [0.4, 0.5) is 0 Å². The number of nitrogens with zero attached hydrogens (tertiary/aromatic N) is 2. The lowest BCUT2D eigenvalue weighted by molar-refractivity contribution is 0.129. The fourth-order valence-corrected chi connectivity index (χ4v) is 3.34. The zero-order valence-electron chi connectivity index (χ0n) is 17.3. The minimum atomic E-state index is 0.261. The van der Waals surface area contributed by atoms with Crippen LogP contribution in [0.2, 0.25) is 0 Å². The highest BCUT2D eigenvalue weighted by molar-refractivity contribution is 5.80. The molecule has 1 aliphatic heterocycles. The number of ether oxygens (including phenoxy) is 3. The Kier molecular flexibility index (Phi) is 8.19. The normalized spacial score (nSPS) is 15.2. The molecule has 29 heavy (non-hydrogen) atoms. The lowest BCUT2D eigenvalue weighted by Crippen LogP contribution is -2.47. The molecule has 1 N–H and O–H groups in total. The van der Waals surface area contributed by atoms with Crippen molar-refractivity contribution in [3.05, 3.63) is 60.2 Å². The molecule has 0 atom stereocenters. The second-order valence-corrected chi connectivity index (χ2v) is 7.00. The van der Waals surface area contributed by atoms with Gasteiger partial charge in [-0.25, -0.2) is 0 Å². The summed E-state index contributed by atoms with van der Waals surface area (Å²) in [5, 5.41) is 3.47. The zero-order valence-corrected chi connectivity index (χ0v) is 17.3. The molecule has 0 spiro atoms. The van der Waals surface area contributed by atoms with Gasteiger partial charge in [0.1, 0.15) is 24.2 Å². The Morgan fingerprint density at radius 2 is 1.72 bits per heavy atom. The largest absolute Gasteiger partial charge is 0.491 e. The molecular weight excluding hydrogens is 366 g/mol. The molecule has 2 aromatic carbocycles. The molecule has 1 heterocycles. The fraction of sp³-hybridized carbons (Fsp3) is 0.435. The third-order valence-corrected chi connectivity index (χ3v) is 4.93. The summed E-state index contributed by atoms with van der Waals surface area (Å²) in [4.78, 5) is 6.75. The number of piperidine rings is 1. The molecule has 0 radical (unpaired) electrons. The maximum absolute atomic E-state index is 6.09. The molecular formula is C23H31N3O3. The van der Waals surface area contributed by atoms with Crippen molar-refractivity contribution in [1.29, 1.82) is 0 Å². The van der Waals surface area contributed by atoms with Crippen molar-refractivity contribution >= 4 is 5.96 Å². The lowest BCUT2D eigenvalue weighted by atomic mass is 10.1. The topological polar surface area (TPSA) is 55.3 Å². The predicted octanol–water partition coefficient (Wildman–Crippen LogP) is 3.33. The Balaban J connectivity index is 1.42. The van der Waals surface area contributed by atoms with Crippen molar-refractivity contribution in [3.63, 3.8) is 0 Å². The van der Waals surface area contributed by atoms with Gasteiger partial charge in [-0.1, -0.05) is 30.3 Å². The van der Waals surface area contributed by atoms with Gasteiger partial charge in [0, 0.05) is 46.6 Å². The Bertz CT molecular complexity index is 742. The van der Waals surface area contributed by atoms with Crippen molar-refractivity contribution in [2.24, 2.45) is 4.99 Å². The summed E-state index contributed by atoms with van der Waals surface area (Å²) in [6, 6.07) is 18.2. The Hall–Kier alpha value is -2.73. The van der Waals surface area contributed by atoms with Crippen LogP contribution >= 0.6 is 0 Å². The number of nitrogens with one attached hydrogen (secondary N) is 1. The second-order valence-electron chi connectivity index (χ2n) is 7.00. The molecule has 0 unspecified atom stereocenters. The summed E-state index contributed by atoms with van der Waals surface area (Å²) in [6.07, 6.45) is 2.24. The van der Waals surface area contributed by atoms with E-state index in [-0.39, 0.29) is 6.10 Å². The average molecular weight is 398 g/mol. The Morgan fingerprint density at radius 1 is 1.00 bits per heavy atom. The van der Waals surface area contributed by atoms with Crippen LogP contribution in [-0.2, 0) is 11.3 Å². The summed E-state index contributed by atoms with van der Waals surface area (Å²) in [5.41, 5.74) is 1.19. The van der Waals surface area contributed by atoms with Crippen LogP contribution in [0.1, 0.15) is 18.4 Å². The molecule has 1 fully saturated rings. The van der Waals surface area contributed by atoms with E-state index in [2.05, 4.69) is 27.3 Å². The summed E-state index contributed by atoms with van der Waals surface area (Å²) in [5.74, 6) is 2.74. The van der Waals surface area contributed by atoms with E-state index in [0.717, 1.165) is 49.9 Å².